The molecule has 1 saturated carbocycles. The fraction of sp³-hybridized carbons (Fsp3) is 0.750. The molecular weight excluding hydrogens is 186 g/mol. The molecule has 0 aromatic carbocycles. The molecule has 0 radical (unpaired) electrons. The second-order valence-corrected chi connectivity index (χ2v) is 5.03. The molecule has 15 heavy (non-hydrogen) atoms. The summed E-state index contributed by atoms with van der Waals surface area (Å²) in [6.45, 7) is 6.07. The Morgan fingerprint density at radius 2 is 2.13 bits per heavy atom. The van der Waals surface area contributed by atoms with Gasteiger partial charge >= 0.3 is 0 Å². The normalized spacial score (nSPS) is 36.2. The van der Waals surface area contributed by atoms with Crippen LogP contribution in [0.15, 0.2) is 16.6 Å². The molecule has 2 atom stereocenters. The molecule has 3 nitrogen and oxygen atoms in total. The van der Waals surface area contributed by atoms with E-state index < -0.39 is 0 Å². The van der Waals surface area contributed by atoms with E-state index in [-0.39, 0.29) is 0 Å². The molecule has 1 saturated heterocycles. The van der Waals surface area contributed by atoms with Gasteiger partial charge in [-0.05, 0) is 25.1 Å². The average Bonchev–Trinajstić information content (AvgIpc) is 3.01. The number of dihydropyridines is 1. The molecule has 2 aliphatic heterocycles. The van der Waals surface area contributed by atoms with Crippen molar-refractivity contribution in [1.29, 1.82) is 0 Å². The number of fused-ring (bicyclic) bond motifs is 1. The Labute approximate surface area is 91.5 Å². The smallest absolute Gasteiger partial charge is 0.0572 e. The largest absolute Gasteiger partial charge is 0.304 e. The number of aliphatic imine (C=N–C) groups is 1. The molecule has 0 aromatic rings. The van der Waals surface area contributed by atoms with Crippen LogP contribution in [0.5, 0.6) is 0 Å². The molecule has 1 aliphatic carbocycles. The maximum Gasteiger partial charge on any atom is 0.0572 e. The predicted octanol–water partition coefficient (Wildman–Crippen LogP) is 0.633. The fourth-order valence-corrected chi connectivity index (χ4v) is 2.55. The van der Waals surface area contributed by atoms with Crippen molar-refractivity contribution >= 4 is 6.21 Å². The molecule has 0 spiro atoms. The first-order valence-electron chi connectivity index (χ1n) is 5.96. The van der Waals surface area contributed by atoms with E-state index in [4.69, 9.17) is 0 Å². The summed E-state index contributed by atoms with van der Waals surface area (Å²) in [7, 11) is 2.21. The Kier molecular flexibility index (Phi) is 2.37. The summed E-state index contributed by atoms with van der Waals surface area (Å²) in [5.74, 6) is 0.801. The summed E-state index contributed by atoms with van der Waals surface area (Å²) in [6.07, 6.45) is 5.56. The highest BCUT2D eigenvalue weighted by Gasteiger charge is 2.41. The minimum absolute atomic E-state index is 0.650. The summed E-state index contributed by atoms with van der Waals surface area (Å²) in [5, 5.41) is 0. The molecular formula is C12H19N3. The number of likely N-dealkylation sites (N-methyl/N-ethyl adjacent to an activating group) is 1. The Balaban J connectivity index is 1.57. The summed E-state index contributed by atoms with van der Waals surface area (Å²) in [4.78, 5) is 9.42. The maximum absolute atomic E-state index is 4.43. The van der Waals surface area contributed by atoms with Gasteiger partial charge in [-0.15, -0.1) is 0 Å². The Hall–Kier alpha value is -0.670. The summed E-state index contributed by atoms with van der Waals surface area (Å²) >= 11 is 0. The SMILES string of the molecule is CN1CCN(CC2=CC=NC3CC23)CC1. The molecule has 2 unspecified atom stereocenters. The van der Waals surface area contributed by atoms with Crippen molar-refractivity contribution in [1.82, 2.24) is 9.80 Å². The quantitative estimate of drug-likeness (QED) is 0.658. The van der Waals surface area contributed by atoms with Gasteiger partial charge in [0.2, 0.25) is 0 Å². The molecule has 2 fully saturated rings. The number of hydrogen-bond donors (Lipinski definition) is 0. The molecule has 0 amide bonds. The molecule has 3 rings (SSSR count). The lowest BCUT2D eigenvalue weighted by molar-refractivity contribution is 0.162. The van der Waals surface area contributed by atoms with Crippen LogP contribution < -0.4 is 0 Å². The van der Waals surface area contributed by atoms with E-state index in [0.717, 1.165) is 5.92 Å². The summed E-state index contributed by atoms with van der Waals surface area (Å²) < 4.78 is 0. The van der Waals surface area contributed by atoms with Crippen LogP contribution in [0.3, 0.4) is 0 Å². The Bertz CT molecular complexity index is 300. The van der Waals surface area contributed by atoms with Gasteiger partial charge < -0.3 is 4.90 Å². The first-order valence-corrected chi connectivity index (χ1v) is 5.96. The lowest BCUT2D eigenvalue weighted by Crippen LogP contribution is -2.45. The highest BCUT2D eigenvalue weighted by molar-refractivity contribution is 5.75. The number of hydrogen-bond acceptors (Lipinski definition) is 3. The van der Waals surface area contributed by atoms with Crippen molar-refractivity contribution < 1.29 is 0 Å². The van der Waals surface area contributed by atoms with Crippen molar-refractivity contribution in [3.63, 3.8) is 0 Å². The minimum atomic E-state index is 0.650. The van der Waals surface area contributed by atoms with E-state index in [1.54, 1.807) is 5.57 Å². The van der Waals surface area contributed by atoms with Crippen molar-refractivity contribution in [2.45, 2.75) is 12.5 Å². The van der Waals surface area contributed by atoms with Gasteiger partial charge in [0.15, 0.2) is 0 Å². The second-order valence-electron chi connectivity index (χ2n) is 5.03. The van der Waals surface area contributed by atoms with Crippen molar-refractivity contribution in [3.05, 3.63) is 11.6 Å². The van der Waals surface area contributed by atoms with E-state index in [9.17, 15) is 0 Å². The van der Waals surface area contributed by atoms with Gasteiger partial charge in [0.1, 0.15) is 0 Å². The van der Waals surface area contributed by atoms with Crippen molar-refractivity contribution in [2.75, 3.05) is 39.8 Å². The number of rotatable bonds is 2. The molecule has 3 heteroatoms. The zero-order valence-corrected chi connectivity index (χ0v) is 9.39. The highest BCUT2D eigenvalue weighted by Crippen LogP contribution is 2.41. The fourth-order valence-electron chi connectivity index (χ4n) is 2.55. The van der Waals surface area contributed by atoms with Crippen LogP contribution in [0.2, 0.25) is 0 Å². The molecule has 82 valence electrons. The van der Waals surface area contributed by atoms with E-state index >= 15 is 0 Å². The van der Waals surface area contributed by atoms with Gasteiger partial charge in [0.05, 0.1) is 6.04 Å². The van der Waals surface area contributed by atoms with E-state index in [2.05, 4.69) is 27.9 Å². The maximum atomic E-state index is 4.43. The van der Waals surface area contributed by atoms with Crippen LogP contribution in [0.25, 0.3) is 0 Å². The third-order valence-electron chi connectivity index (χ3n) is 3.80. The van der Waals surface area contributed by atoms with Crippen LogP contribution in [0, 0.1) is 5.92 Å². The lowest BCUT2D eigenvalue weighted by atomic mass is 10.1. The third-order valence-corrected chi connectivity index (χ3v) is 3.80. The van der Waals surface area contributed by atoms with Crippen molar-refractivity contribution in [2.24, 2.45) is 10.9 Å². The van der Waals surface area contributed by atoms with Gasteiger partial charge in [-0.3, -0.25) is 9.89 Å². The van der Waals surface area contributed by atoms with E-state index in [1.807, 2.05) is 6.21 Å². The predicted molar refractivity (Wildman–Crippen MR) is 62.4 cm³/mol. The Morgan fingerprint density at radius 3 is 2.93 bits per heavy atom. The third kappa shape index (κ3) is 1.99. The zero-order valence-electron chi connectivity index (χ0n) is 9.39. The topological polar surface area (TPSA) is 18.8 Å². The van der Waals surface area contributed by atoms with Gasteiger partial charge in [0, 0.05) is 44.9 Å². The number of piperazine rings is 1. The summed E-state index contributed by atoms with van der Waals surface area (Å²) in [5.41, 5.74) is 1.62. The van der Waals surface area contributed by atoms with Crippen LogP contribution in [0.4, 0.5) is 0 Å². The molecule has 0 N–H and O–H groups in total. The van der Waals surface area contributed by atoms with Gasteiger partial charge in [-0.1, -0.05) is 0 Å². The van der Waals surface area contributed by atoms with Crippen LogP contribution in [0.1, 0.15) is 6.42 Å². The van der Waals surface area contributed by atoms with Gasteiger partial charge in [0.25, 0.3) is 0 Å². The first-order chi connectivity index (χ1) is 7.33. The minimum Gasteiger partial charge on any atom is -0.304 e. The van der Waals surface area contributed by atoms with E-state index in [1.165, 1.54) is 39.1 Å². The number of allylic oxidation sites excluding steroid dienone is 1. The number of nitrogens with zero attached hydrogens (tertiary/aromatic N) is 3. The van der Waals surface area contributed by atoms with Crippen LogP contribution in [-0.4, -0.2) is 61.8 Å². The lowest BCUT2D eigenvalue weighted by Gasteiger charge is -2.33. The first kappa shape index (κ1) is 9.55. The second kappa shape index (κ2) is 3.72. The Morgan fingerprint density at radius 1 is 1.33 bits per heavy atom. The zero-order chi connectivity index (χ0) is 10.3. The van der Waals surface area contributed by atoms with Crippen LogP contribution in [-0.2, 0) is 0 Å². The average molecular weight is 205 g/mol. The summed E-state index contributed by atoms with van der Waals surface area (Å²) in [6, 6.07) is 0.650. The molecule has 0 aromatic heterocycles. The van der Waals surface area contributed by atoms with Crippen LogP contribution >= 0.6 is 0 Å². The van der Waals surface area contributed by atoms with Gasteiger partial charge in [-0.25, -0.2) is 0 Å². The van der Waals surface area contributed by atoms with E-state index in [0.29, 0.717) is 6.04 Å². The standard InChI is InChI=1S/C12H19N3/c1-14-4-6-15(7-5-14)9-10-2-3-13-12-8-11(10)12/h2-3,11-12H,4-9H2,1H3. The van der Waals surface area contributed by atoms with Crippen molar-refractivity contribution in [3.8, 4) is 0 Å². The molecule has 0 bridgehead atoms. The highest BCUT2D eigenvalue weighted by atomic mass is 15.2. The van der Waals surface area contributed by atoms with Gasteiger partial charge in [-0.2, -0.15) is 0 Å². The monoisotopic (exact) mass is 205 g/mol. The molecule has 2 heterocycles. The molecule has 3 aliphatic rings.